The lowest BCUT2D eigenvalue weighted by molar-refractivity contribution is 0.126. The summed E-state index contributed by atoms with van der Waals surface area (Å²) < 4.78 is 11.2. The van der Waals surface area contributed by atoms with E-state index in [1.807, 2.05) is 24.3 Å². The van der Waals surface area contributed by atoms with E-state index in [0.717, 1.165) is 42.8 Å². The first-order valence-electron chi connectivity index (χ1n) is 11.3. The summed E-state index contributed by atoms with van der Waals surface area (Å²) in [5.41, 5.74) is 1.07. The first kappa shape index (κ1) is 25.2. The molecule has 170 valence electrons. The Morgan fingerprint density at radius 1 is 1.17 bits per heavy atom. The van der Waals surface area contributed by atoms with Crippen LogP contribution in [0.15, 0.2) is 29.3 Å². The summed E-state index contributed by atoms with van der Waals surface area (Å²) in [5.74, 6) is 2.68. The predicted molar refractivity (Wildman–Crippen MR) is 134 cm³/mol. The van der Waals surface area contributed by atoms with Crippen LogP contribution in [0, 0.1) is 5.92 Å². The fourth-order valence-corrected chi connectivity index (χ4v) is 4.33. The summed E-state index contributed by atoms with van der Waals surface area (Å²) in [7, 11) is 1.69. The minimum Gasteiger partial charge on any atom is -0.496 e. The molecule has 1 atom stereocenters. The lowest BCUT2D eigenvalue weighted by Gasteiger charge is -2.29. The van der Waals surface area contributed by atoms with Crippen LogP contribution in [-0.4, -0.2) is 75.3 Å². The number of nitrogens with zero attached hydrogens (tertiary/aromatic N) is 3. The van der Waals surface area contributed by atoms with E-state index in [1.165, 1.54) is 45.3 Å². The number of likely N-dealkylation sites (tertiary alicyclic amines) is 2. The average molecular weight is 530 g/mol. The minimum absolute atomic E-state index is 0. The first-order chi connectivity index (χ1) is 14.3. The summed E-state index contributed by atoms with van der Waals surface area (Å²) in [4.78, 5) is 9.90. The van der Waals surface area contributed by atoms with Crippen molar-refractivity contribution in [3.63, 3.8) is 0 Å². The molecule has 0 aliphatic carbocycles. The molecule has 2 aliphatic rings. The lowest BCUT2D eigenvalue weighted by atomic mass is 10.1. The number of hydrogen-bond donors (Lipinski definition) is 1. The maximum Gasteiger partial charge on any atom is 0.194 e. The molecule has 2 saturated heterocycles. The van der Waals surface area contributed by atoms with Crippen molar-refractivity contribution >= 4 is 29.9 Å². The van der Waals surface area contributed by atoms with Gasteiger partial charge in [-0.2, -0.15) is 0 Å². The number of nitrogens with one attached hydrogen (secondary N) is 1. The van der Waals surface area contributed by atoms with Gasteiger partial charge in [0.15, 0.2) is 5.96 Å². The fraction of sp³-hybridized carbons (Fsp3) is 0.696. The van der Waals surface area contributed by atoms with Gasteiger partial charge in [0.2, 0.25) is 0 Å². The van der Waals surface area contributed by atoms with Gasteiger partial charge in [-0.05, 0) is 51.3 Å². The number of methoxy groups -OCH3 is 1. The van der Waals surface area contributed by atoms with Gasteiger partial charge in [-0.15, -0.1) is 24.0 Å². The molecule has 0 spiro atoms. The zero-order valence-corrected chi connectivity index (χ0v) is 21.0. The van der Waals surface area contributed by atoms with Crippen LogP contribution in [0.5, 0.6) is 5.75 Å². The molecule has 0 aromatic heterocycles. The molecule has 0 radical (unpaired) electrons. The molecule has 1 N–H and O–H groups in total. The van der Waals surface area contributed by atoms with Crippen LogP contribution in [0.4, 0.5) is 0 Å². The second-order valence-corrected chi connectivity index (χ2v) is 8.06. The summed E-state index contributed by atoms with van der Waals surface area (Å²) >= 11 is 0. The van der Waals surface area contributed by atoms with Crippen molar-refractivity contribution in [3.8, 4) is 5.75 Å². The van der Waals surface area contributed by atoms with Crippen molar-refractivity contribution in [2.24, 2.45) is 10.9 Å². The SMILES string of the molecule is CCNC(=NCCOCc1ccccc1OC)N1CCC(CN2CCCCC2)C1.I. The number of rotatable bonds is 9. The highest BCUT2D eigenvalue weighted by molar-refractivity contribution is 14.0. The fourth-order valence-electron chi connectivity index (χ4n) is 4.33. The van der Waals surface area contributed by atoms with Gasteiger partial charge in [-0.25, -0.2) is 0 Å². The Hall–Kier alpha value is -1.06. The highest BCUT2D eigenvalue weighted by Gasteiger charge is 2.26. The molecule has 1 aromatic carbocycles. The molecule has 0 bridgehead atoms. The monoisotopic (exact) mass is 530 g/mol. The molecule has 0 amide bonds. The van der Waals surface area contributed by atoms with Crippen molar-refractivity contribution in [3.05, 3.63) is 29.8 Å². The van der Waals surface area contributed by atoms with E-state index in [2.05, 4.69) is 22.0 Å². The number of ether oxygens (including phenoxy) is 2. The van der Waals surface area contributed by atoms with Crippen LogP contribution in [0.3, 0.4) is 0 Å². The third kappa shape index (κ3) is 7.89. The Morgan fingerprint density at radius 2 is 1.97 bits per heavy atom. The smallest absolute Gasteiger partial charge is 0.194 e. The maximum absolute atomic E-state index is 5.83. The number of guanidine groups is 1. The Bertz CT molecular complexity index is 637. The van der Waals surface area contributed by atoms with Gasteiger partial charge in [0.1, 0.15) is 5.75 Å². The van der Waals surface area contributed by atoms with E-state index in [9.17, 15) is 0 Å². The number of aliphatic imine (C=N–C) groups is 1. The van der Waals surface area contributed by atoms with Gasteiger partial charge in [0, 0.05) is 31.7 Å². The molecule has 2 fully saturated rings. The molecule has 30 heavy (non-hydrogen) atoms. The largest absolute Gasteiger partial charge is 0.496 e. The Labute approximate surface area is 199 Å². The van der Waals surface area contributed by atoms with Gasteiger partial charge in [0.25, 0.3) is 0 Å². The third-order valence-corrected chi connectivity index (χ3v) is 5.83. The number of piperidine rings is 1. The number of para-hydroxylation sites is 1. The van der Waals surface area contributed by atoms with Crippen LogP contribution in [0.25, 0.3) is 0 Å². The Balaban J connectivity index is 0.00000320. The molecule has 2 aliphatic heterocycles. The average Bonchev–Trinajstić information content (AvgIpc) is 3.22. The lowest BCUT2D eigenvalue weighted by Crippen LogP contribution is -2.41. The molecule has 1 unspecified atom stereocenters. The quantitative estimate of drug-likeness (QED) is 0.229. The molecular weight excluding hydrogens is 491 g/mol. The van der Waals surface area contributed by atoms with Gasteiger partial charge >= 0.3 is 0 Å². The minimum atomic E-state index is 0. The van der Waals surface area contributed by atoms with Crippen molar-refractivity contribution in [1.82, 2.24) is 15.1 Å². The number of halogens is 1. The summed E-state index contributed by atoms with van der Waals surface area (Å²) in [5, 5.41) is 3.46. The normalized spacial score (nSPS) is 20.1. The summed E-state index contributed by atoms with van der Waals surface area (Å²) in [6.45, 7) is 10.9. The Morgan fingerprint density at radius 3 is 2.73 bits per heavy atom. The molecule has 1 aromatic rings. The van der Waals surface area contributed by atoms with Crippen LogP contribution in [-0.2, 0) is 11.3 Å². The van der Waals surface area contributed by atoms with Crippen molar-refractivity contribution in [2.75, 3.05) is 59.5 Å². The van der Waals surface area contributed by atoms with Crippen LogP contribution < -0.4 is 10.1 Å². The Kier molecular flexibility index (Phi) is 11.8. The zero-order valence-electron chi connectivity index (χ0n) is 18.6. The van der Waals surface area contributed by atoms with E-state index in [0.29, 0.717) is 19.8 Å². The zero-order chi connectivity index (χ0) is 20.3. The second-order valence-electron chi connectivity index (χ2n) is 8.06. The van der Waals surface area contributed by atoms with E-state index < -0.39 is 0 Å². The standard InChI is InChI=1S/C23H38N4O2.HI/c1-3-24-23(25-12-16-29-19-21-9-5-6-10-22(21)28-2)27-15-11-20(18-27)17-26-13-7-4-8-14-26;/h5-6,9-10,20H,3-4,7-8,11-19H2,1-2H3,(H,24,25);1H. The van der Waals surface area contributed by atoms with E-state index >= 15 is 0 Å². The molecule has 6 nitrogen and oxygen atoms in total. The summed E-state index contributed by atoms with van der Waals surface area (Å²) in [6, 6.07) is 7.99. The van der Waals surface area contributed by atoms with E-state index in [1.54, 1.807) is 7.11 Å². The van der Waals surface area contributed by atoms with Crippen LogP contribution >= 0.6 is 24.0 Å². The highest BCUT2D eigenvalue weighted by atomic mass is 127. The van der Waals surface area contributed by atoms with E-state index in [-0.39, 0.29) is 24.0 Å². The van der Waals surface area contributed by atoms with Crippen molar-refractivity contribution in [2.45, 2.75) is 39.2 Å². The van der Waals surface area contributed by atoms with Crippen molar-refractivity contribution < 1.29 is 9.47 Å². The molecule has 0 saturated carbocycles. The van der Waals surface area contributed by atoms with Gasteiger partial charge in [-0.3, -0.25) is 4.99 Å². The number of benzene rings is 1. The highest BCUT2D eigenvalue weighted by Crippen LogP contribution is 2.20. The first-order valence-corrected chi connectivity index (χ1v) is 11.3. The molecule has 7 heteroatoms. The maximum atomic E-state index is 5.83. The van der Waals surface area contributed by atoms with Crippen molar-refractivity contribution in [1.29, 1.82) is 0 Å². The number of hydrogen-bond acceptors (Lipinski definition) is 4. The summed E-state index contributed by atoms with van der Waals surface area (Å²) in [6.07, 6.45) is 5.42. The third-order valence-electron chi connectivity index (χ3n) is 5.83. The second kappa shape index (κ2) is 14.1. The van der Waals surface area contributed by atoms with Crippen LogP contribution in [0.2, 0.25) is 0 Å². The van der Waals surface area contributed by atoms with Gasteiger partial charge in [0.05, 0.1) is 26.9 Å². The van der Waals surface area contributed by atoms with Crippen LogP contribution in [0.1, 0.15) is 38.2 Å². The van der Waals surface area contributed by atoms with E-state index in [4.69, 9.17) is 14.5 Å². The molecular formula is C23H39IN4O2. The topological polar surface area (TPSA) is 49.3 Å². The van der Waals surface area contributed by atoms with Gasteiger partial charge < -0.3 is 24.6 Å². The molecule has 3 rings (SSSR count). The van der Waals surface area contributed by atoms with Gasteiger partial charge in [-0.1, -0.05) is 24.6 Å². The predicted octanol–water partition coefficient (Wildman–Crippen LogP) is 3.60. The molecule has 2 heterocycles.